The lowest BCUT2D eigenvalue weighted by molar-refractivity contribution is 0.00473. The van der Waals surface area contributed by atoms with Crippen molar-refractivity contribution in [1.29, 1.82) is 0 Å². The molecule has 0 spiro atoms. The molecule has 0 saturated carbocycles. The van der Waals surface area contributed by atoms with Crippen molar-refractivity contribution in [3.63, 3.8) is 0 Å². The van der Waals surface area contributed by atoms with Crippen LogP contribution in [0.4, 0.5) is 0 Å². The van der Waals surface area contributed by atoms with Crippen LogP contribution in [0.15, 0.2) is 53.7 Å². The Morgan fingerprint density at radius 2 is 1.95 bits per heavy atom. The van der Waals surface area contributed by atoms with Crippen LogP contribution in [-0.2, 0) is 5.60 Å². The SMILES string of the molecule is CCC(C)C(O)(CSc1ccc(C)cc1)c1cccnc1. The molecule has 2 atom stereocenters. The second kappa shape index (κ2) is 7.10. The van der Waals surface area contributed by atoms with Crippen LogP contribution in [0.5, 0.6) is 0 Å². The number of hydrogen-bond acceptors (Lipinski definition) is 3. The number of aryl methyl sites for hydroxylation is 1. The molecule has 2 unspecified atom stereocenters. The Kier molecular flexibility index (Phi) is 5.43. The van der Waals surface area contributed by atoms with Crippen LogP contribution in [0.25, 0.3) is 0 Å². The predicted molar refractivity (Wildman–Crippen MR) is 89.5 cm³/mol. The van der Waals surface area contributed by atoms with Gasteiger partial charge in [-0.05, 0) is 31.0 Å². The molecule has 2 aromatic rings. The van der Waals surface area contributed by atoms with E-state index in [-0.39, 0.29) is 5.92 Å². The van der Waals surface area contributed by atoms with Gasteiger partial charge >= 0.3 is 0 Å². The Bertz CT molecular complexity index is 555. The summed E-state index contributed by atoms with van der Waals surface area (Å²) in [5.41, 5.74) is 1.31. The van der Waals surface area contributed by atoms with E-state index in [1.807, 2.05) is 12.1 Å². The van der Waals surface area contributed by atoms with E-state index in [0.717, 1.165) is 12.0 Å². The second-order valence-corrected chi connectivity index (χ2v) is 6.63. The number of nitrogens with zero attached hydrogens (tertiary/aromatic N) is 1. The zero-order valence-corrected chi connectivity index (χ0v) is 13.7. The molecule has 0 fully saturated rings. The first kappa shape index (κ1) is 16.1. The van der Waals surface area contributed by atoms with E-state index in [1.165, 1.54) is 10.5 Å². The summed E-state index contributed by atoms with van der Waals surface area (Å²) in [5.74, 6) is 0.816. The van der Waals surface area contributed by atoms with Crippen LogP contribution in [0.1, 0.15) is 31.4 Å². The molecule has 0 radical (unpaired) electrons. The van der Waals surface area contributed by atoms with Crippen LogP contribution in [-0.4, -0.2) is 15.8 Å². The molecule has 3 heteroatoms. The summed E-state index contributed by atoms with van der Waals surface area (Å²) in [6.07, 6.45) is 4.45. The minimum atomic E-state index is -0.849. The van der Waals surface area contributed by atoms with Crippen molar-refractivity contribution in [3.8, 4) is 0 Å². The van der Waals surface area contributed by atoms with Crippen LogP contribution in [0.3, 0.4) is 0 Å². The lowest BCUT2D eigenvalue weighted by Gasteiger charge is -2.33. The van der Waals surface area contributed by atoms with E-state index in [2.05, 4.69) is 50.0 Å². The van der Waals surface area contributed by atoms with E-state index < -0.39 is 5.60 Å². The Morgan fingerprint density at radius 3 is 2.52 bits per heavy atom. The summed E-state index contributed by atoms with van der Waals surface area (Å²) in [6.45, 7) is 6.30. The smallest absolute Gasteiger partial charge is 0.103 e. The van der Waals surface area contributed by atoms with Crippen LogP contribution < -0.4 is 0 Å². The molecule has 0 aliphatic rings. The summed E-state index contributed by atoms with van der Waals surface area (Å²) in [4.78, 5) is 5.35. The fourth-order valence-corrected chi connectivity index (χ4v) is 3.46. The molecule has 112 valence electrons. The molecule has 21 heavy (non-hydrogen) atoms. The largest absolute Gasteiger partial charge is 0.384 e. The summed E-state index contributed by atoms with van der Waals surface area (Å²) < 4.78 is 0. The van der Waals surface area contributed by atoms with Gasteiger partial charge in [0.1, 0.15) is 5.60 Å². The number of rotatable bonds is 6. The molecular formula is C18H23NOS. The average Bonchev–Trinajstić information content (AvgIpc) is 2.54. The number of aliphatic hydroxyl groups is 1. The zero-order chi connectivity index (χ0) is 15.3. The summed E-state index contributed by atoms with van der Waals surface area (Å²) in [6, 6.07) is 12.3. The van der Waals surface area contributed by atoms with Crippen LogP contribution in [0.2, 0.25) is 0 Å². The summed E-state index contributed by atoms with van der Waals surface area (Å²) in [5, 5.41) is 11.2. The summed E-state index contributed by atoms with van der Waals surface area (Å²) >= 11 is 1.70. The minimum Gasteiger partial charge on any atom is -0.384 e. The molecule has 0 aliphatic heterocycles. The second-order valence-electron chi connectivity index (χ2n) is 5.58. The first-order chi connectivity index (χ1) is 10.1. The molecular weight excluding hydrogens is 278 g/mol. The van der Waals surface area contributed by atoms with Gasteiger partial charge in [-0.1, -0.05) is 44.0 Å². The summed E-state index contributed by atoms with van der Waals surface area (Å²) in [7, 11) is 0. The molecule has 1 aromatic heterocycles. The molecule has 2 rings (SSSR count). The van der Waals surface area contributed by atoms with Gasteiger partial charge in [0, 0.05) is 28.6 Å². The van der Waals surface area contributed by atoms with Gasteiger partial charge in [0.25, 0.3) is 0 Å². The van der Waals surface area contributed by atoms with Crippen molar-refractivity contribution >= 4 is 11.8 Å². The Labute approximate surface area is 131 Å². The number of pyridine rings is 1. The highest BCUT2D eigenvalue weighted by Crippen LogP contribution is 2.36. The van der Waals surface area contributed by atoms with E-state index in [4.69, 9.17) is 0 Å². The number of hydrogen-bond donors (Lipinski definition) is 1. The molecule has 1 heterocycles. The molecule has 0 bridgehead atoms. The third-order valence-corrected chi connectivity index (χ3v) is 5.26. The van der Waals surface area contributed by atoms with Crippen molar-refractivity contribution in [2.75, 3.05) is 5.75 Å². The van der Waals surface area contributed by atoms with Crippen LogP contribution in [0, 0.1) is 12.8 Å². The highest BCUT2D eigenvalue weighted by Gasteiger charge is 2.35. The van der Waals surface area contributed by atoms with Crippen LogP contribution >= 0.6 is 11.8 Å². The topological polar surface area (TPSA) is 33.1 Å². The average molecular weight is 301 g/mol. The van der Waals surface area contributed by atoms with Gasteiger partial charge in [0.15, 0.2) is 0 Å². The van der Waals surface area contributed by atoms with E-state index in [0.29, 0.717) is 5.75 Å². The normalized spacial score (nSPS) is 15.4. The van der Waals surface area contributed by atoms with Gasteiger partial charge in [0.2, 0.25) is 0 Å². The Morgan fingerprint density at radius 1 is 1.24 bits per heavy atom. The van der Waals surface area contributed by atoms with Gasteiger partial charge in [-0.3, -0.25) is 4.98 Å². The van der Waals surface area contributed by atoms with E-state index in [1.54, 1.807) is 24.2 Å². The molecule has 1 N–H and O–H groups in total. The monoisotopic (exact) mass is 301 g/mol. The van der Waals surface area contributed by atoms with Crippen molar-refractivity contribution in [1.82, 2.24) is 4.98 Å². The third-order valence-electron chi connectivity index (χ3n) is 4.07. The Hall–Kier alpha value is -1.32. The maximum absolute atomic E-state index is 11.2. The van der Waals surface area contributed by atoms with Crippen molar-refractivity contribution in [3.05, 3.63) is 59.9 Å². The van der Waals surface area contributed by atoms with E-state index >= 15 is 0 Å². The maximum atomic E-state index is 11.2. The first-order valence-corrected chi connectivity index (χ1v) is 8.37. The van der Waals surface area contributed by atoms with Gasteiger partial charge in [-0.25, -0.2) is 0 Å². The standard InChI is InChI=1S/C18H23NOS/c1-4-15(3)18(20,16-6-5-11-19-12-16)13-21-17-9-7-14(2)8-10-17/h5-12,15,20H,4,13H2,1-3H3. The number of benzene rings is 1. The first-order valence-electron chi connectivity index (χ1n) is 7.38. The quantitative estimate of drug-likeness (QED) is 0.802. The molecule has 0 saturated heterocycles. The lowest BCUT2D eigenvalue weighted by atomic mass is 9.83. The van der Waals surface area contributed by atoms with Gasteiger partial charge < -0.3 is 5.11 Å². The zero-order valence-electron chi connectivity index (χ0n) is 12.9. The highest BCUT2D eigenvalue weighted by molar-refractivity contribution is 7.99. The molecule has 2 nitrogen and oxygen atoms in total. The van der Waals surface area contributed by atoms with Gasteiger partial charge in [-0.15, -0.1) is 11.8 Å². The Balaban J connectivity index is 2.19. The fourth-order valence-electron chi connectivity index (χ4n) is 2.29. The lowest BCUT2D eigenvalue weighted by Crippen LogP contribution is -2.36. The van der Waals surface area contributed by atoms with Crippen molar-refractivity contribution in [2.45, 2.75) is 37.7 Å². The highest BCUT2D eigenvalue weighted by atomic mass is 32.2. The van der Waals surface area contributed by atoms with Gasteiger partial charge in [-0.2, -0.15) is 0 Å². The fraction of sp³-hybridized carbons (Fsp3) is 0.389. The minimum absolute atomic E-state index is 0.180. The van der Waals surface area contributed by atoms with Crippen molar-refractivity contribution in [2.24, 2.45) is 5.92 Å². The molecule has 1 aromatic carbocycles. The molecule has 0 aliphatic carbocycles. The third kappa shape index (κ3) is 3.86. The number of aromatic nitrogens is 1. The van der Waals surface area contributed by atoms with Gasteiger partial charge in [0.05, 0.1) is 0 Å². The maximum Gasteiger partial charge on any atom is 0.103 e. The van der Waals surface area contributed by atoms with E-state index in [9.17, 15) is 5.11 Å². The predicted octanol–water partition coefficient (Wildman–Crippen LogP) is 4.42. The molecule has 0 amide bonds. The number of thioether (sulfide) groups is 1. The van der Waals surface area contributed by atoms with Crippen molar-refractivity contribution < 1.29 is 5.11 Å².